The zero-order valence-corrected chi connectivity index (χ0v) is 16.9. The minimum absolute atomic E-state index is 0.540. The van der Waals surface area contributed by atoms with Crippen molar-refractivity contribution < 1.29 is 9.47 Å². The molecule has 2 aromatic carbocycles. The number of benzene rings is 2. The lowest BCUT2D eigenvalue weighted by molar-refractivity contribution is 0.405. The number of nitrogens with zero attached hydrogens (tertiary/aromatic N) is 3. The second-order valence-electron chi connectivity index (χ2n) is 7.04. The molecule has 3 aromatic rings. The Morgan fingerprint density at radius 3 is 2.38 bits per heavy atom. The molecule has 2 heterocycles. The van der Waals surface area contributed by atoms with Gasteiger partial charge in [-0.05, 0) is 31.4 Å². The number of rotatable bonds is 6. The van der Waals surface area contributed by atoms with E-state index in [1.165, 1.54) is 19.3 Å². The topological polar surface area (TPSA) is 59.5 Å². The lowest BCUT2D eigenvalue weighted by Gasteiger charge is -2.28. The van der Waals surface area contributed by atoms with Crippen LogP contribution in [0.1, 0.15) is 19.3 Å². The fourth-order valence-corrected chi connectivity index (χ4v) is 3.56. The Morgan fingerprint density at radius 1 is 0.862 bits per heavy atom. The molecular weight excluding hydrogens is 364 g/mol. The average molecular weight is 390 g/mol. The van der Waals surface area contributed by atoms with Crippen molar-refractivity contribution in [2.45, 2.75) is 19.3 Å². The Hall–Kier alpha value is -3.28. The molecule has 150 valence electrons. The number of piperidine rings is 1. The summed E-state index contributed by atoms with van der Waals surface area (Å²) < 4.78 is 10.9. The normalized spacial score (nSPS) is 13.8. The average Bonchev–Trinajstić information content (AvgIpc) is 2.80. The van der Waals surface area contributed by atoms with Gasteiger partial charge in [0.15, 0.2) is 0 Å². The van der Waals surface area contributed by atoms with Crippen LogP contribution in [0.5, 0.6) is 11.5 Å². The minimum Gasteiger partial charge on any atom is -0.497 e. The second-order valence-corrected chi connectivity index (χ2v) is 7.04. The molecule has 0 radical (unpaired) electrons. The highest BCUT2D eigenvalue weighted by atomic mass is 16.5. The Balaban J connectivity index is 1.74. The maximum absolute atomic E-state index is 5.49. The van der Waals surface area contributed by atoms with Crippen molar-refractivity contribution >= 4 is 17.5 Å². The van der Waals surface area contributed by atoms with Crippen LogP contribution in [-0.2, 0) is 0 Å². The predicted octanol–water partition coefficient (Wildman–Crippen LogP) is 4.89. The molecule has 0 spiro atoms. The molecule has 0 bridgehead atoms. The van der Waals surface area contributed by atoms with Gasteiger partial charge in [-0.25, -0.2) is 4.98 Å². The van der Waals surface area contributed by atoms with Gasteiger partial charge >= 0.3 is 0 Å². The van der Waals surface area contributed by atoms with Crippen LogP contribution in [0.4, 0.5) is 17.5 Å². The van der Waals surface area contributed by atoms with Gasteiger partial charge in [0.25, 0.3) is 0 Å². The first-order valence-electron chi connectivity index (χ1n) is 9.95. The molecule has 0 unspecified atom stereocenters. The van der Waals surface area contributed by atoms with E-state index < -0.39 is 0 Å². The van der Waals surface area contributed by atoms with Crippen molar-refractivity contribution in [1.29, 1.82) is 0 Å². The molecule has 29 heavy (non-hydrogen) atoms. The molecule has 1 aromatic heterocycles. The summed E-state index contributed by atoms with van der Waals surface area (Å²) in [6, 6.07) is 17.9. The maximum Gasteiger partial charge on any atom is 0.229 e. The minimum atomic E-state index is 0.540. The molecule has 6 heteroatoms. The first kappa shape index (κ1) is 19.1. The van der Waals surface area contributed by atoms with E-state index in [9.17, 15) is 0 Å². The third-order valence-electron chi connectivity index (χ3n) is 5.12. The lowest BCUT2D eigenvalue weighted by Crippen LogP contribution is -2.30. The van der Waals surface area contributed by atoms with Gasteiger partial charge in [0, 0.05) is 30.8 Å². The van der Waals surface area contributed by atoms with Crippen molar-refractivity contribution in [2.24, 2.45) is 0 Å². The molecule has 0 amide bonds. The first-order chi connectivity index (χ1) is 14.3. The third kappa shape index (κ3) is 4.42. The standard InChI is InChI=1S/C23H26N4O2/c1-28-18-11-12-21(29-2)20(15-18)25-23-24-19(17-9-5-3-6-10-17)16-22(26-23)27-13-7-4-8-14-27/h3,5-6,9-12,15-16H,4,7-8,13-14H2,1-2H3,(H,24,25,26). The van der Waals surface area contributed by atoms with Crippen molar-refractivity contribution in [3.63, 3.8) is 0 Å². The number of ether oxygens (including phenoxy) is 2. The molecule has 0 aliphatic carbocycles. The molecule has 0 atom stereocenters. The molecular formula is C23H26N4O2. The summed E-state index contributed by atoms with van der Waals surface area (Å²) >= 11 is 0. The summed E-state index contributed by atoms with van der Waals surface area (Å²) in [5.74, 6) is 2.93. The van der Waals surface area contributed by atoms with Gasteiger partial charge < -0.3 is 19.7 Å². The molecule has 1 saturated heterocycles. The van der Waals surface area contributed by atoms with Crippen molar-refractivity contribution in [1.82, 2.24) is 9.97 Å². The van der Waals surface area contributed by atoms with E-state index in [1.54, 1.807) is 14.2 Å². The number of anilines is 3. The van der Waals surface area contributed by atoms with Crippen molar-refractivity contribution in [3.8, 4) is 22.8 Å². The fourth-order valence-electron chi connectivity index (χ4n) is 3.56. The van der Waals surface area contributed by atoms with Gasteiger partial charge in [0.1, 0.15) is 17.3 Å². The highest BCUT2D eigenvalue weighted by molar-refractivity contribution is 5.69. The van der Waals surface area contributed by atoms with E-state index >= 15 is 0 Å². The molecule has 4 rings (SSSR count). The van der Waals surface area contributed by atoms with Crippen LogP contribution in [0.2, 0.25) is 0 Å². The largest absolute Gasteiger partial charge is 0.497 e. The van der Waals surface area contributed by atoms with Crippen LogP contribution >= 0.6 is 0 Å². The molecule has 1 fully saturated rings. The summed E-state index contributed by atoms with van der Waals surface area (Å²) in [6.45, 7) is 2.04. The SMILES string of the molecule is COc1ccc(OC)c(Nc2nc(-c3ccccc3)cc(N3CCCCC3)n2)c1. The van der Waals surface area contributed by atoms with Crippen LogP contribution in [0, 0.1) is 0 Å². The third-order valence-corrected chi connectivity index (χ3v) is 5.12. The van der Waals surface area contributed by atoms with Gasteiger partial charge in [0.05, 0.1) is 25.6 Å². The van der Waals surface area contributed by atoms with E-state index in [4.69, 9.17) is 19.4 Å². The Morgan fingerprint density at radius 2 is 1.66 bits per heavy atom. The van der Waals surface area contributed by atoms with Crippen molar-refractivity contribution in [3.05, 3.63) is 54.6 Å². The van der Waals surface area contributed by atoms with Gasteiger partial charge in [0.2, 0.25) is 5.95 Å². The van der Waals surface area contributed by atoms with Crippen LogP contribution in [0.3, 0.4) is 0 Å². The summed E-state index contributed by atoms with van der Waals surface area (Å²) in [5.41, 5.74) is 2.72. The van der Waals surface area contributed by atoms with Crippen molar-refractivity contribution in [2.75, 3.05) is 37.5 Å². The van der Waals surface area contributed by atoms with Crippen LogP contribution in [-0.4, -0.2) is 37.3 Å². The Labute approximate surface area is 171 Å². The fraction of sp³-hybridized carbons (Fsp3) is 0.304. The molecule has 1 aliphatic heterocycles. The number of hydrogen-bond donors (Lipinski definition) is 1. The van der Waals surface area contributed by atoms with E-state index in [2.05, 4.69) is 28.4 Å². The van der Waals surface area contributed by atoms with Crippen LogP contribution in [0.25, 0.3) is 11.3 Å². The van der Waals surface area contributed by atoms with Crippen LogP contribution in [0.15, 0.2) is 54.6 Å². The van der Waals surface area contributed by atoms with Gasteiger partial charge in [-0.1, -0.05) is 30.3 Å². The van der Waals surface area contributed by atoms with Gasteiger partial charge in [-0.3, -0.25) is 0 Å². The Bertz CT molecular complexity index is 956. The smallest absolute Gasteiger partial charge is 0.229 e. The molecule has 1 N–H and O–H groups in total. The quantitative estimate of drug-likeness (QED) is 0.646. The monoisotopic (exact) mass is 390 g/mol. The first-order valence-corrected chi connectivity index (χ1v) is 9.95. The Kier molecular flexibility index (Phi) is 5.79. The van der Waals surface area contributed by atoms with Gasteiger partial charge in [-0.2, -0.15) is 4.98 Å². The zero-order chi connectivity index (χ0) is 20.1. The summed E-state index contributed by atoms with van der Waals surface area (Å²) in [6.07, 6.45) is 3.66. The lowest BCUT2D eigenvalue weighted by atomic mass is 10.1. The number of aromatic nitrogens is 2. The number of hydrogen-bond acceptors (Lipinski definition) is 6. The predicted molar refractivity (Wildman–Crippen MR) is 116 cm³/mol. The van der Waals surface area contributed by atoms with E-state index in [-0.39, 0.29) is 0 Å². The summed E-state index contributed by atoms with van der Waals surface area (Å²) in [4.78, 5) is 11.9. The van der Waals surface area contributed by atoms with Gasteiger partial charge in [-0.15, -0.1) is 0 Å². The highest BCUT2D eigenvalue weighted by Crippen LogP contribution is 2.32. The second kappa shape index (κ2) is 8.82. The molecule has 0 saturated carbocycles. The number of methoxy groups -OCH3 is 2. The van der Waals surface area contributed by atoms with Crippen LogP contribution < -0.4 is 19.7 Å². The summed E-state index contributed by atoms with van der Waals surface area (Å²) in [7, 11) is 3.29. The van der Waals surface area contributed by atoms with E-state index in [0.717, 1.165) is 41.6 Å². The zero-order valence-electron chi connectivity index (χ0n) is 16.9. The highest BCUT2D eigenvalue weighted by Gasteiger charge is 2.16. The summed E-state index contributed by atoms with van der Waals surface area (Å²) in [5, 5.41) is 3.33. The molecule has 6 nitrogen and oxygen atoms in total. The number of nitrogens with one attached hydrogen (secondary N) is 1. The van der Waals surface area contributed by atoms with E-state index in [0.29, 0.717) is 11.7 Å². The van der Waals surface area contributed by atoms with E-state index in [1.807, 2.05) is 36.4 Å². The maximum atomic E-state index is 5.49. The molecule has 1 aliphatic rings.